The smallest absolute Gasteiger partial charge is 0.412 e. The molecule has 1 N–H and O–H groups in total. The Morgan fingerprint density at radius 2 is 2.00 bits per heavy atom. The standard InChI is InChI=1S/C11H9BrF3NO/c1-16-8-4-6(12)2-3-7(8)9(17)5-10(16)11(13,14)15/h2-5,10,17H,1H3. The van der Waals surface area contributed by atoms with Crippen molar-refractivity contribution >= 4 is 27.4 Å². The number of aliphatic hydroxyl groups is 1. The van der Waals surface area contributed by atoms with Crippen molar-refractivity contribution in [2.45, 2.75) is 12.2 Å². The normalized spacial score (nSPS) is 19.9. The zero-order chi connectivity index (χ0) is 12.8. The van der Waals surface area contributed by atoms with Gasteiger partial charge in [-0.3, -0.25) is 0 Å². The molecule has 0 fully saturated rings. The second-order valence-electron chi connectivity index (χ2n) is 3.81. The van der Waals surface area contributed by atoms with E-state index in [9.17, 15) is 18.3 Å². The summed E-state index contributed by atoms with van der Waals surface area (Å²) >= 11 is 3.20. The monoisotopic (exact) mass is 307 g/mol. The summed E-state index contributed by atoms with van der Waals surface area (Å²) < 4.78 is 38.9. The number of aliphatic hydroxyl groups excluding tert-OH is 1. The van der Waals surface area contributed by atoms with Gasteiger partial charge in [0.25, 0.3) is 0 Å². The van der Waals surface area contributed by atoms with E-state index in [-0.39, 0.29) is 5.76 Å². The predicted octanol–water partition coefficient (Wildman–Crippen LogP) is 3.73. The van der Waals surface area contributed by atoms with Crippen LogP contribution in [-0.2, 0) is 0 Å². The molecular formula is C11H9BrF3NO. The lowest BCUT2D eigenvalue weighted by molar-refractivity contribution is -0.137. The first-order valence-corrected chi connectivity index (χ1v) is 5.60. The molecule has 0 aromatic heterocycles. The SMILES string of the molecule is CN1c2cc(Br)ccc2C(O)=CC1C(F)(F)F. The minimum absolute atomic E-state index is 0.340. The van der Waals surface area contributed by atoms with Crippen LogP contribution in [0.2, 0.25) is 0 Å². The molecule has 0 aliphatic carbocycles. The molecule has 2 nitrogen and oxygen atoms in total. The van der Waals surface area contributed by atoms with Gasteiger partial charge in [-0.15, -0.1) is 0 Å². The van der Waals surface area contributed by atoms with E-state index < -0.39 is 12.2 Å². The van der Waals surface area contributed by atoms with Crippen LogP contribution in [0.5, 0.6) is 0 Å². The fourth-order valence-corrected chi connectivity index (χ4v) is 2.18. The van der Waals surface area contributed by atoms with Crippen LogP contribution in [0.4, 0.5) is 18.9 Å². The van der Waals surface area contributed by atoms with E-state index in [1.807, 2.05) is 0 Å². The molecule has 2 rings (SSSR count). The van der Waals surface area contributed by atoms with E-state index in [0.717, 1.165) is 11.0 Å². The van der Waals surface area contributed by atoms with Gasteiger partial charge in [0.2, 0.25) is 0 Å². The summed E-state index contributed by atoms with van der Waals surface area (Å²) in [7, 11) is 1.35. The van der Waals surface area contributed by atoms with Crippen LogP contribution < -0.4 is 4.90 Å². The molecule has 1 heterocycles. The summed E-state index contributed by atoms with van der Waals surface area (Å²) in [6, 6.07) is 3.00. The molecule has 1 aromatic rings. The highest BCUT2D eigenvalue weighted by atomic mass is 79.9. The number of fused-ring (bicyclic) bond motifs is 1. The molecule has 0 saturated carbocycles. The fourth-order valence-electron chi connectivity index (χ4n) is 1.83. The summed E-state index contributed by atoms with van der Waals surface area (Å²) in [6.45, 7) is 0. The van der Waals surface area contributed by atoms with Crippen molar-refractivity contribution in [3.63, 3.8) is 0 Å². The molecule has 17 heavy (non-hydrogen) atoms. The molecule has 0 radical (unpaired) electrons. The van der Waals surface area contributed by atoms with Crippen LogP contribution in [0.1, 0.15) is 5.56 Å². The highest BCUT2D eigenvalue weighted by Crippen LogP contribution is 2.38. The van der Waals surface area contributed by atoms with Gasteiger partial charge in [0.15, 0.2) is 0 Å². The van der Waals surface area contributed by atoms with Crippen molar-refractivity contribution in [3.05, 3.63) is 34.3 Å². The highest BCUT2D eigenvalue weighted by molar-refractivity contribution is 9.10. The van der Waals surface area contributed by atoms with Gasteiger partial charge in [-0.2, -0.15) is 13.2 Å². The van der Waals surface area contributed by atoms with Crippen LogP contribution in [-0.4, -0.2) is 24.4 Å². The molecule has 0 amide bonds. The lowest BCUT2D eigenvalue weighted by Crippen LogP contribution is -2.44. The maximum atomic E-state index is 12.8. The molecule has 1 aliphatic heterocycles. The third-order valence-corrected chi connectivity index (χ3v) is 3.18. The zero-order valence-corrected chi connectivity index (χ0v) is 10.4. The van der Waals surface area contributed by atoms with Gasteiger partial charge >= 0.3 is 6.18 Å². The molecule has 1 aliphatic rings. The second kappa shape index (κ2) is 3.94. The quantitative estimate of drug-likeness (QED) is 0.789. The first kappa shape index (κ1) is 12.3. The van der Waals surface area contributed by atoms with Crippen LogP contribution in [0.15, 0.2) is 28.7 Å². The van der Waals surface area contributed by atoms with Gasteiger partial charge in [0.05, 0.1) is 0 Å². The summed E-state index contributed by atoms with van der Waals surface area (Å²) in [5.41, 5.74) is 0.748. The molecule has 6 heteroatoms. The number of alkyl halides is 3. The van der Waals surface area contributed by atoms with Crippen molar-refractivity contribution in [1.29, 1.82) is 0 Å². The predicted molar refractivity (Wildman–Crippen MR) is 63.0 cm³/mol. The number of hydrogen-bond acceptors (Lipinski definition) is 2. The molecule has 1 aromatic carbocycles. The third-order valence-electron chi connectivity index (χ3n) is 2.68. The molecule has 1 atom stereocenters. The van der Waals surface area contributed by atoms with Gasteiger partial charge in [-0.1, -0.05) is 15.9 Å². The Balaban J connectivity index is 2.55. The molecule has 0 saturated heterocycles. The summed E-state index contributed by atoms with van der Waals surface area (Å²) in [4.78, 5) is 1.10. The lowest BCUT2D eigenvalue weighted by atomic mass is 10.0. The molecule has 92 valence electrons. The Kier molecular flexibility index (Phi) is 2.85. The second-order valence-corrected chi connectivity index (χ2v) is 4.73. The fraction of sp³-hybridized carbons (Fsp3) is 0.273. The Labute approximate surface area is 104 Å². The Morgan fingerprint density at radius 1 is 1.35 bits per heavy atom. The Morgan fingerprint density at radius 3 is 2.59 bits per heavy atom. The minimum Gasteiger partial charge on any atom is -0.508 e. The number of nitrogens with zero attached hydrogens (tertiary/aromatic N) is 1. The first-order valence-electron chi connectivity index (χ1n) is 4.81. The minimum atomic E-state index is -4.41. The third kappa shape index (κ3) is 2.13. The van der Waals surface area contributed by atoms with Crippen LogP contribution in [0.25, 0.3) is 5.76 Å². The average molecular weight is 308 g/mol. The van der Waals surface area contributed by atoms with Gasteiger partial charge in [0.1, 0.15) is 11.8 Å². The van der Waals surface area contributed by atoms with Crippen molar-refractivity contribution < 1.29 is 18.3 Å². The van der Waals surface area contributed by atoms with E-state index in [2.05, 4.69) is 15.9 Å². The van der Waals surface area contributed by atoms with E-state index in [1.54, 1.807) is 18.2 Å². The number of benzene rings is 1. The zero-order valence-electron chi connectivity index (χ0n) is 8.79. The largest absolute Gasteiger partial charge is 0.508 e. The van der Waals surface area contributed by atoms with Gasteiger partial charge in [-0.25, -0.2) is 0 Å². The van der Waals surface area contributed by atoms with Crippen molar-refractivity contribution in [1.82, 2.24) is 0 Å². The maximum absolute atomic E-state index is 12.8. The van der Waals surface area contributed by atoms with Crippen molar-refractivity contribution in [3.8, 4) is 0 Å². The molecule has 0 spiro atoms. The maximum Gasteiger partial charge on any atom is 0.412 e. The molecular weight excluding hydrogens is 299 g/mol. The molecule has 1 unspecified atom stereocenters. The van der Waals surface area contributed by atoms with Gasteiger partial charge < -0.3 is 10.0 Å². The number of rotatable bonds is 0. The van der Waals surface area contributed by atoms with Crippen LogP contribution in [0, 0.1) is 0 Å². The van der Waals surface area contributed by atoms with Crippen LogP contribution >= 0.6 is 15.9 Å². The Hall–Kier alpha value is -1.17. The number of halogens is 4. The summed E-state index contributed by atoms with van der Waals surface area (Å²) in [5, 5.41) is 9.62. The van der Waals surface area contributed by atoms with Gasteiger partial charge in [-0.05, 0) is 24.3 Å². The van der Waals surface area contributed by atoms with Gasteiger partial charge in [0, 0.05) is 22.8 Å². The lowest BCUT2D eigenvalue weighted by Gasteiger charge is -2.34. The van der Waals surface area contributed by atoms with Crippen molar-refractivity contribution in [2.24, 2.45) is 0 Å². The highest BCUT2D eigenvalue weighted by Gasteiger charge is 2.44. The Bertz CT molecular complexity index is 484. The number of anilines is 1. The number of hydrogen-bond donors (Lipinski definition) is 1. The molecule has 0 bridgehead atoms. The average Bonchev–Trinajstić information content (AvgIpc) is 2.21. The van der Waals surface area contributed by atoms with Crippen molar-refractivity contribution in [2.75, 3.05) is 11.9 Å². The van der Waals surface area contributed by atoms with E-state index in [4.69, 9.17) is 0 Å². The van der Waals surface area contributed by atoms with Crippen LogP contribution in [0.3, 0.4) is 0 Å². The van der Waals surface area contributed by atoms with E-state index >= 15 is 0 Å². The van der Waals surface area contributed by atoms with E-state index in [0.29, 0.717) is 15.7 Å². The summed E-state index contributed by atoms with van der Waals surface area (Å²) in [5.74, 6) is -0.340. The topological polar surface area (TPSA) is 23.5 Å². The van der Waals surface area contributed by atoms with E-state index in [1.165, 1.54) is 7.05 Å². The summed E-state index contributed by atoms with van der Waals surface area (Å²) in [6.07, 6.45) is -3.60. The number of likely N-dealkylation sites (N-methyl/N-ethyl adjacent to an activating group) is 1. The first-order chi connectivity index (χ1) is 7.80.